The number of imidazole rings is 1. The summed E-state index contributed by atoms with van der Waals surface area (Å²) in [6.45, 7) is 6.27. The van der Waals surface area contributed by atoms with E-state index < -0.39 is 0 Å². The fourth-order valence-electron chi connectivity index (χ4n) is 2.68. The molecule has 0 fully saturated rings. The maximum Gasteiger partial charge on any atom is 0.207 e. The van der Waals surface area contributed by atoms with Crippen LogP contribution < -0.4 is 4.90 Å². The number of hydrogen-bond acceptors (Lipinski definition) is 5. The van der Waals surface area contributed by atoms with Crippen molar-refractivity contribution in [1.82, 2.24) is 9.55 Å². The van der Waals surface area contributed by atoms with E-state index in [4.69, 9.17) is 11.6 Å². The van der Waals surface area contributed by atoms with Crippen LogP contribution in [-0.2, 0) is 7.05 Å². The second-order valence-electron chi connectivity index (χ2n) is 5.68. The van der Waals surface area contributed by atoms with Crippen molar-refractivity contribution in [2.24, 2.45) is 17.3 Å². The Morgan fingerprint density at radius 2 is 1.83 bits per heavy atom. The summed E-state index contributed by atoms with van der Waals surface area (Å²) in [5.41, 5.74) is 5.60. The molecular formula is C16H22ClN5S. The molecule has 5 nitrogen and oxygen atoms in total. The van der Waals surface area contributed by atoms with Gasteiger partial charge >= 0.3 is 0 Å². The Kier molecular flexibility index (Phi) is 5.37. The number of thioether (sulfide) groups is 1. The van der Waals surface area contributed by atoms with Gasteiger partial charge in [0.2, 0.25) is 11.1 Å². The molecule has 124 valence electrons. The molecule has 7 heteroatoms. The van der Waals surface area contributed by atoms with Crippen LogP contribution in [0.3, 0.4) is 0 Å². The zero-order chi connectivity index (χ0) is 17.3. The Balaban J connectivity index is 2.47. The van der Waals surface area contributed by atoms with Crippen molar-refractivity contribution in [3.8, 4) is 0 Å². The fraction of sp³-hybridized carbons (Fsp3) is 0.438. The molecule has 2 rings (SSSR count). The Morgan fingerprint density at radius 1 is 1.17 bits per heavy atom. The number of anilines is 1. The molecule has 0 spiro atoms. The van der Waals surface area contributed by atoms with E-state index >= 15 is 0 Å². The average Bonchev–Trinajstić information content (AvgIpc) is 2.75. The van der Waals surface area contributed by atoms with E-state index in [1.807, 2.05) is 13.3 Å². The van der Waals surface area contributed by atoms with Crippen LogP contribution in [-0.4, -0.2) is 29.9 Å². The summed E-state index contributed by atoms with van der Waals surface area (Å²) >= 11 is 7.61. The lowest BCUT2D eigenvalue weighted by Gasteiger charge is -2.21. The number of nitrogens with zero attached hydrogens (tertiary/aromatic N) is 5. The van der Waals surface area contributed by atoms with E-state index in [0.717, 1.165) is 16.3 Å². The van der Waals surface area contributed by atoms with E-state index in [2.05, 4.69) is 61.0 Å². The quantitative estimate of drug-likeness (QED) is 0.561. The first kappa shape index (κ1) is 17.8. The van der Waals surface area contributed by atoms with Gasteiger partial charge in [0.25, 0.3) is 0 Å². The molecule has 0 saturated carbocycles. The Labute approximate surface area is 146 Å². The highest BCUT2D eigenvalue weighted by Gasteiger charge is 2.14. The van der Waals surface area contributed by atoms with Gasteiger partial charge in [-0.25, -0.2) is 0 Å². The molecule has 1 heterocycles. The van der Waals surface area contributed by atoms with Gasteiger partial charge in [-0.15, -0.1) is 22.0 Å². The van der Waals surface area contributed by atoms with Crippen LogP contribution in [0.1, 0.15) is 16.7 Å². The lowest BCUT2D eigenvalue weighted by molar-refractivity contribution is 0.825. The summed E-state index contributed by atoms with van der Waals surface area (Å²) in [6.07, 6.45) is 1.97. The molecular weight excluding hydrogens is 330 g/mol. The molecule has 0 bridgehead atoms. The van der Waals surface area contributed by atoms with E-state index in [-0.39, 0.29) is 0 Å². The fourth-order valence-corrected chi connectivity index (χ4v) is 3.52. The van der Waals surface area contributed by atoms with Gasteiger partial charge in [0, 0.05) is 26.8 Å². The number of rotatable bonds is 4. The lowest BCUT2D eigenvalue weighted by atomic mass is 10.0. The monoisotopic (exact) mass is 351 g/mol. The number of aryl methyl sites for hydroxylation is 1. The molecule has 0 aliphatic carbocycles. The lowest BCUT2D eigenvalue weighted by Crippen LogP contribution is -2.12. The van der Waals surface area contributed by atoms with Crippen molar-refractivity contribution in [1.29, 1.82) is 0 Å². The molecule has 0 unspecified atom stereocenters. The van der Waals surface area contributed by atoms with E-state index in [9.17, 15) is 0 Å². The zero-order valence-electron chi connectivity index (χ0n) is 14.6. The van der Waals surface area contributed by atoms with Gasteiger partial charge in [-0.3, -0.25) is 0 Å². The predicted molar refractivity (Wildman–Crippen MR) is 99.2 cm³/mol. The topological polar surface area (TPSA) is 45.8 Å². The van der Waals surface area contributed by atoms with Crippen LogP contribution in [0.2, 0.25) is 5.28 Å². The minimum Gasteiger partial charge on any atom is -0.377 e. The van der Waals surface area contributed by atoms with Crippen molar-refractivity contribution < 1.29 is 0 Å². The van der Waals surface area contributed by atoms with E-state index in [1.165, 1.54) is 16.8 Å². The first-order chi connectivity index (χ1) is 10.8. The van der Waals surface area contributed by atoms with Gasteiger partial charge in [0.1, 0.15) is 5.03 Å². The van der Waals surface area contributed by atoms with Crippen LogP contribution in [0, 0.1) is 20.8 Å². The summed E-state index contributed by atoms with van der Waals surface area (Å²) < 4.78 is 1.80. The Morgan fingerprint density at radius 3 is 2.39 bits per heavy atom. The first-order valence-corrected chi connectivity index (χ1v) is 8.84. The second kappa shape index (κ2) is 6.93. The second-order valence-corrected chi connectivity index (χ2v) is 6.81. The molecule has 1 aromatic heterocycles. The molecule has 0 aliphatic rings. The van der Waals surface area contributed by atoms with Gasteiger partial charge < -0.3 is 9.47 Å². The van der Waals surface area contributed by atoms with E-state index in [0.29, 0.717) is 11.1 Å². The molecule has 0 amide bonds. The van der Waals surface area contributed by atoms with Crippen molar-refractivity contribution >= 4 is 40.6 Å². The largest absolute Gasteiger partial charge is 0.377 e. The SMILES string of the molecule is CSc1c(N=Nc2cc(C)c(N(C)C)c(C)c2C)nc(Cl)n1C. The average molecular weight is 352 g/mol. The zero-order valence-corrected chi connectivity index (χ0v) is 16.2. The van der Waals surface area contributed by atoms with Crippen molar-refractivity contribution in [2.45, 2.75) is 25.8 Å². The smallest absolute Gasteiger partial charge is 0.207 e. The minimum absolute atomic E-state index is 0.412. The highest BCUT2D eigenvalue weighted by molar-refractivity contribution is 7.98. The molecule has 0 N–H and O–H groups in total. The predicted octanol–water partition coefficient (Wildman–Crippen LogP) is 5.20. The summed E-state index contributed by atoms with van der Waals surface area (Å²) in [7, 11) is 5.97. The molecule has 0 atom stereocenters. The van der Waals surface area contributed by atoms with Crippen molar-refractivity contribution in [3.63, 3.8) is 0 Å². The van der Waals surface area contributed by atoms with Gasteiger partial charge in [-0.2, -0.15) is 4.98 Å². The molecule has 2 aromatic rings. The molecule has 0 aliphatic heterocycles. The van der Waals surface area contributed by atoms with Crippen LogP contribution in [0.25, 0.3) is 0 Å². The summed E-state index contributed by atoms with van der Waals surface area (Å²) in [5, 5.41) is 10.1. The molecule has 0 saturated heterocycles. The third kappa shape index (κ3) is 3.38. The first-order valence-electron chi connectivity index (χ1n) is 7.24. The number of hydrogen-bond donors (Lipinski definition) is 0. The highest BCUT2D eigenvalue weighted by Crippen LogP contribution is 2.35. The standard InChI is InChI=1S/C16H22ClN5S/c1-9-8-12(10(2)11(3)13(9)21(4)5)19-20-14-15(23-7)22(6)16(17)18-14/h8H,1-7H3. The number of azo groups is 1. The molecule has 23 heavy (non-hydrogen) atoms. The number of benzene rings is 1. The summed E-state index contributed by atoms with van der Waals surface area (Å²) in [6, 6.07) is 2.06. The summed E-state index contributed by atoms with van der Waals surface area (Å²) in [4.78, 5) is 6.38. The summed E-state index contributed by atoms with van der Waals surface area (Å²) in [5.74, 6) is 0.552. The Bertz CT molecular complexity index is 765. The van der Waals surface area contributed by atoms with Gasteiger partial charge in [0.15, 0.2) is 0 Å². The van der Waals surface area contributed by atoms with Gasteiger partial charge in [-0.1, -0.05) is 0 Å². The van der Waals surface area contributed by atoms with Gasteiger partial charge in [-0.05, 0) is 61.4 Å². The van der Waals surface area contributed by atoms with Crippen LogP contribution in [0.5, 0.6) is 0 Å². The third-order valence-electron chi connectivity index (χ3n) is 3.89. The number of aromatic nitrogens is 2. The number of halogens is 1. The van der Waals surface area contributed by atoms with Gasteiger partial charge in [0.05, 0.1) is 5.69 Å². The van der Waals surface area contributed by atoms with Crippen LogP contribution in [0.15, 0.2) is 21.3 Å². The maximum absolute atomic E-state index is 6.06. The van der Waals surface area contributed by atoms with Crippen molar-refractivity contribution in [2.75, 3.05) is 25.3 Å². The molecule has 1 aromatic carbocycles. The third-order valence-corrected chi connectivity index (χ3v) is 5.07. The maximum atomic E-state index is 6.06. The highest BCUT2D eigenvalue weighted by atomic mass is 35.5. The van der Waals surface area contributed by atoms with Crippen LogP contribution >= 0.6 is 23.4 Å². The Hall–Kier alpha value is -1.53. The normalized spacial score (nSPS) is 11.5. The van der Waals surface area contributed by atoms with Crippen molar-refractivity contribution in [3.05, 3.63) is 28.0 Å². The van der Waals surface area contributed by atoms with Crippen LogP contribution in [0.4, 0.5) is 17.2 Å². The van der Waals surface area contributed by atoms with E-state index in [1.54, 1.807) is 16.3 Å². The minimum atomic E-state index is 0.412. The molecule has 0 radical (unpaired) electrons.